The Morgan fingerprint density at radius 1 is 1.41 bits per heavy atom. The molecule has 1 fully saturated rings. The van der Waals surface area contributed by atoms with E-state index in [-0.39, 0.29) is 0 Å². The number of anilines is 2. The zero-order valence-corrected chi connectivity index (χ0v) is 10.7. The molecule has 0 saturated carbocycles. The summed E-state index contributed by atoms with van der Waals surface area (Å²) in [6, 6.07) is 8.57. The first-order valence-electron chi connectivity index (χ1n) is 6.63. The Balaban J connectivity index is 2.15. The smallest absolute Gasteiger partial charge is 0.0602 e. The Morgan fingerprint density at radius 2 is 2.24 bits per heavy atom. The summed E-state index contributed by atoms with van der Waals surface area (Å²) < 4.78 is 0. The molecule has 1 aromatic carbocycles. The molecule has 3 heteroatoms. The van der Waals surface area contributed by atoms with Gasteiger partial charge in [-0.2, -0.15) is 0 Å². The number of para-hydroxylation sites is 2. The third-order valence-corrected chi connectivity index (χ3v) is 3.46. The van der Waals surface area contributed by atoms with Crippen LogP contribution in [-0.2, 0) is 0 Å². The van der Waals surface area contributed by atoms with Crippen LogP contribution in [0.15, 0.2) is 24.3 Å². The van der Waals surface area contributed by atoms with Crippen molar-refractivity contribution in [2.24, 2.45) is 11.7 Å². The van der Waals surface area contributed by atoms with Gasteiger partial charge in [0.2, 0.25) is 0 Å². The largest absolute Gasteiger partial charge is 0.384 e. The SMILES string of the molecule is CCNc1ccccc1N1CCCC(CN)C1. The van der Waals surface area contributed by atoms with Gasteiger partial charge in [0.1, 0.15) is 0 Å². The normalized spacial score (nSPS) is 20.4. The van der Waals surface area contributed by atoms with Crippen molar-refractivity contribution in [2.75, 3.05) is 36.4 Å². The third-order valence-electron chi connectivity index (χ3n) is 3.46. The van der Waals surface area contributed by atoms with Crippen molar-refractivity contribution >= 4 is 11.4 Å². The van der Waals surface area contributed by atoms with E-state index in [9.17, 15) is 0 Å². The molecule has 1 aliphatic heterocycles. The van der Waals surface area contributed by atoms with Crippen LogP contribution < -0.4 is 16.0 Å². The number of piperidine rings is 1. The van der Waals surface area contributed by atoms with Gasteiger partial charge in [0, 0.05) is 19.6 Å². The van der Waals surface area contributed by atoms with Crippen LogP contribution in [0.4, 0.5) is 11.4 Å². The van der Waals surface area contributed by atoms with Gasteiger partial charge < -0.3 is 16.0 Å². The lowest BCUT2D eigenvalue weighted by atomic mass is 9.97. The predicted molar refractivity (Wildman–Crippen MR) is 74.6 cm³/mol. The molecule has 1 atom stereocenters. The van der Waals surface area contributed by atoms with Gasteiger partial charge in [0.15, 0.2) is 0 Å². The first-order valence-corrected chi connectivity index (χ1v) is 6.63. The molecule has 3 nitrogen and oxygen atoms in total. The van der Waals surface area contributed by atoms with Crippen molar-refractivity contribution in [3.63, 3.8) is 0 Å². The van der Waals surface area contributed by atoms with Gasteiger partial charge in [-0.1, -0.05) is 12.1 Å². The van der Waals surface area contributed by atoms with Crippen molar-refractivity contribution in [3.8, 4) is 0 Å². The van der Waals surface area contributed by atoms with Crippen LogP contribution in [-0.4, -0.2) is 26.2 Å². The molecule has 94 valence electrons. The van der Waals surface area contributed by atoms with Crippen LogP contribution in [0.3, 0.4) is 0 Å². The van der Waals surface area contributed by atoms with Gasteiger partial charge in [-0.15, -0.1) is 0 Å². The summed E-state index contributed by atoms with van der Waals surface area (Å²) in [6.45, 7) is 6.15. The monoisotopic (exact) mass is 233 g/mol. The molecular weight excluding hydrogens is 210 g/mol. The van der Waals surface area contributed by atoms with E-state index in [1.54, 1.807) is 0 Å². The fourth-order valence-corrected chi connectivity index (χ4v) is 2.57. The zero-order chi connectivity index (χ0) is 12.1. The Bertz CT molecular complexity index is 351. The van der Waals surface area contributed by atoms with Gasteiger partial charge in [0.05, 0.1) is 11.4 Å². The summed E-state index contributed by atoms with van der Waals surface area (Å²) >= 11 is 0. The highest BCUT2D eigenvalue weighted by Gasteiger charge is 2.20. The highest BCUT2D eigenvalue weighted by atomic mass is 15.2. The number of hydrogen-bond donors (Lipinski definition) is 2. The van der Waals surface area contributed by atoms with E-state index < -0.39 is 0 Å². The van der Waals surface area contributed by atoms with Crippen molar-refractivity contribution in [1.29, 1.82) is 0 Å². The second-order valence-electron chi connectivity index (χ2n) is 4.74. The molecule has 2 rings (SSSR count). The Labute approximate surface area is 104 Å². The summed E-state index contributed by atoms with van der Waals surface area (Å²) in [7, 11) is 0. The number of nitrogens with one attached hydrogen (secondary N) is 1. The molecule has 1 heterocycles. The maximum absolute atomic E-state index is 5.80. The zero-order valence-electron chi connectivity index (χ0n) is 10.7. The van der Waals surface area contributed by atoms with E-state index >= 15 is 0 Å². The van der Waals surface area contributed by atoms with Gasteiger partial charge in [0.25, 0.3) is 0 Å². The van der Waals surface area contributed by atoms with E-state index in [4.69, 9.17) is 5.73 Å². The molecule has 0 aromatic heterocycles. The van der Waals surface area contributed by atoms with Gasteiger partial charge in [-0.3, -0.25) is 0 Å². The minimum atomic E-state index is 0.651. The Morgan fingerprint density at radius 3 is 3.00 bits per heavy atom. The topological polar surface area (TPSA) is 41.3 Å². The number of nitrogens with two attached hydrogens (primary N) is 1. The maximum atomic E-state index is 5.80. The number of nitrogens with zero attached hydrogens (tertiary/aromatic N) is 1. The molecule has 1 saturated heterocycles. The predicted octanol–water partition coefficient (Wildman–Crippen LogP) is 2.29. The molecule has 0 aliphatic carbocycles. The van der Waals surface area contributed by atoms with Crippen molar-refractivity contribution in [1.82, 2.24) is 0 Å². The lowest BCUT2D eigenvalue weighted by molar-refractivity contribution is 0.424. The minimum Gasteiger partial charge on any atom is -0.384 e. The average molecular weight is 233 g/mol. The fourth-order valence-electron chi connectivity index (χ4n) is 2.57. The maximum Gasteiger partial charge on any atom is 0.0602 e. The van der Waals surface area contributed by atoms with E-state index in [1.807, 2.05) is 0 Å². The summed E-state index contributed by atoms with van der Waals surface area (Å²) in [5, 5.41) is 3.43. The molecule has 0 bridgehead atoms. The number of rotatable bonds is 4. The van der Waals surface area contributed by atoms with Gasteiger partial charge in [-0.05, 0) is 44.4 Å². The first kappa shape index (κ1) is 12.2. The summed E-state index contributed by atoms with van der Waals surface area (Å²) in [6.07, 6.45) is 2.53. The quantitative estimate of drug-likeness (QED) is 0.838. The molecular formula is C14H23N3. The summed E-state index contributed by atoms with van der Waals surface area (Å²) in [5.74, 6) is 0.651. The van der Waals surface area contributed by atoms with E-state index in [0.29, 0.717) is 5.92 Å². The van der Waals surface area contributed by atoms with Crippen molar-refractivity contribution in [3.05, 3.63) is 24.3 Å². The van der Waals surface area contributed by atoms with E-state index in [1.165, 1.54) is 24.2 Å². The highest BCUT2D eigenvalue weighted by Crippen LogP contribution is 2.29. The molecule has 0 radical (unpaired) electrons. The molecule has 17 heavy (non-hydrogen) atoms. The third kappa shape index (κ3) is 2.91. The van der Waals surface area contributed by atoms with Crippen LogP contribution in [0.25, 0.3) is 0 Å². The van der Waals surface area contributed by atoms with Gasteiger partial charge >= 0.3 is 0 Å². The minimum absolute atomic E-state index is 0.651. The van der Waals surface area contributed by atoms with Gasteiger partial charge in [-0.25, -0.2) is 0 Å². The van der Waals surface area contributed by atoms with Crippen LogP contribution in [0.5, 0.6) is 0 Å². The molecule has 1 unspecified atom stereocenters. The lowest BCUT2D eigenvalue weighted by Gasteiger charge is -2.35. The van der Waals surface area contributed by atoms with Crippen LogP contribution in [0.2, 0.25) is 0 Å². The van der Waals surface area contributed by atoms with Crippen molar-refractivity contribution in [2.45, 2.75) is 19.8 Å². The summed E-state index contributed by atoms with van der Waals surface area (Å²) in [5.41, 5.74) is 8.37. The standard InChI is InChI=1S/C14H23N3/c1-2-16-13-7-3-4-8-14(13)17-9-5-6-12(10-15)11-17/h3-4,7-8,12,16H,2,5-6,9-11,15H2,1H3. The lowest BCUT2D eigenvalue weighted by Crippen LogP contribution is -2.38. The Hall–Kier alpha value is -1.22. The fraction of sp³-hybridized carbons (Fsp3) is 0.571. The van der Waals surface area contributed by atoms with Crippen LogP contribution in [0.1, 0.15) is 19.8 Å². The number of benzene rings is 1. The van der Waals surface area contributed by atoms with Crippen LogP contribution in [0, 0.1) is 5.92 Å². The second kappa shape index (κ2) is 5.92. The van der Waals surface area contributed by atoms with E-state index in [0.717, 1.165) is 26.2 Å². The molecule has 0 amide bonds. The molecule has 1 aromatic rings. The van der Waals surface area contributed by atoms with Crippen LogP contribution >= 0.6 is 0 Å². The first-order chi connectivity index (χ1) is 8.35. The molecule has 1 aliphatic rings. The highest BCUT2D eigenvalue weighted by molar-refractivity contribution is 5.70. The Kier molecular flexibility index (Phi) is 4.26. The van der Waals surface area contributed by atoms with Crippen molar-refractivity contribution < 1.29 is 0 Å². The molecule has 3 N–H and O–H groups in total. The molecule has 0 spiro atoms. The summed E-state index contributed by atoms with van der Waals surface area (Å²) in [4.78, 5) is 2.47. The van der Waals surface area contributed by atoms with E-state index in [2.05, 4.69) is 41.4 Å². The second-order valence-corrected chi connectivity index (χ2v) is 4.74. The average Bonchev–Trinajstić information content (AvgIpc) is 2.40. The number of hydrogen-bond acceptors (Lipinski definition) is 3.